The predicted octanol–water partition coefficient (Wildman–Crippen LogP) is 2.56. The zero-order chi connectivity index (χ0) is 18.6. The molecule has 26 heavy (non-hydrogen) atoms. The number of sulfonamides is 1. The number of rotatable bonds is 7. The number of thioether (sulfide) groups is 1. The Labute approximate surface area is 156 Å². The Kier molecular flexibility index (Phi) is 5.70. The van der Waals surface area contributed by atoms with Gasteiger partial charge in [-0.1, -0.05) is 0 Å². The molecule has 0 aliphatic carbocycles. The van der Waals surface area contributed by atoms with Crippen molar-refractivity contribution in [2.24, 2.45) is 0 Å². The number of fused-ring (bicyclic) bond motifs is 1. The molecule has 1 aliphatic heterocycles. The van der Waals surface area contributed by atoms with Gasteiger partial charge in [0.1, 0.15) is 12.4 Å². The molecule has 0 spiro atoms. The molecule has 7 nitrogen and oxygen atoms in total. The van der Waals surface area contributed by atoms with Crippen molar-refractivity contribution in [3.05, 3.63) is 42.5 Å². The van der Waals surface area contributed by atoms with E-state index in [9.17, 15) is 13.2 Å². The number of hydrogen-bond acceptors (Lipinski definition) is 6. The van der Waals surface area contributed by atoms with E-state index in [1.807, 2.05) is 0 Å². The highest BCUT2D eigenvalue weighted by atomic mass is 32.2. The van der Waals surface area contributed by atoms with Gasteiger partial charge in [-0.3, -0.25) is 9.52 Å². The number of hydrogen-bond donors (Lipinski definition) is 2. The highest BCUT2D eigenvalue weighted by Crippen LogP contribution is 2.34. The number of ether oxygens (including phenoxy) is 2. The maximum absolute atomic E-state index is 12.5. The van der Waals surface area contributed by atoms with Gasteiger partial charge in [0.25, 0.3) is 10.0 Å². The molecular formula is C17H18N2O5S2. The lowest BCUT2D eigenvalue weighted by atomic mass is 10.3. The van der Waals surface area contributed by atoms with Crippen molar-refractivity contribution in [3.63, 3.8) is 0 Å². The summed E-state index contributed by atoms with van der Waals surface area (Å²) in [6.45, 7) is 0.842. The minimum absolute atomic E-state index is 0.105. The molecule has 1 amide bonds. The predicted molar refractivity (Wildman–Crippen MR) is 100 cm³/mol. The molecule has 2 aromatic rings. The molecular weight excluding hydrogens is 376 g/mol. The highest BCUT2D eigenvalue weighted by Gasteiger charge is 2.18. The second-order valence-electron chi connectivity index (χ2n) is 5.47. The van der Waals surface area contributed by atoms with E-state index >= 15 is 0 Å². The second-order valence-corrected chi connectivity index (χ2v) is 8.17. The van der Waals surface area contributed by atoms with Crippen LogP contribution in [0, 0.1) is 0 Å². The Morgan fingerprint density at radius 3 is 2.65 bits per heavy atom. The largest absolute Gasteiger partial charge is 0.491 e. The number of methoxy groups -OCH3 is 1. The Bertz CT molecular complexity index is 898. The Balaban J connectivity index is 1.72. The van der Waals surface area contributed by atoms with Crippen LogP contribution < -0.4 is 14.8 Å². The Hall–Kier alpha value is -2.23. The molecule has 2 aromatic carbocycles. The van der Waals surface area contributed by atoms with Crippen molar-refractivity contribution in [1.82, 2.24) is 0 Å². The fraction of sp³-hybridized carbons (Fsp3) is 0.235. The Morgan fingerprint density at radius 1 is 1.15 bits per heavy atom. The fourth-order valence-electron chi connectivity index (χ4n) is 2.32. The summed E-state index contributed by atoms with van der Waals surface area (Å²) in [4.78, 5) is 12.5. The van der Waals surface area contributed by atoms with Crippen molar-refractivity contribution in [1.29, 1.82) is 0 Å². The summed E-state index contributed by atoms with van der Waals surface area (Å²) in [5.74, 6) is 0.817. The van der Waals surface area contributed by atoms with E-state index in [0.29, 0.717) is 36.1 Å². The van der Waals surface area contributed by atoms with Crippen molar-refractivity contribution < 1.29 is 22.7 Å². The second kappa shape index (κ2) is 7.98. The van der Waals surface area contributed by atoms with Gasteiger partial charge in [0, 0.05) is 12.0 Å². The summed E-state index contributed by atoms with van der Waals surface area (Å²) >= 11 is 1.42. The lowest BCUT2D eigenvalue weighted by Crippen LogP contribution is -2.19. The summed E-state index contributed by atoms with van der Waals surface area (Å²) in [5.41, 5.74) is 0.986. The van der Waals surface area contributed by atoms with Crippen LogP contribution in [0.2, 0.25) is 0 Å². The van der Waals surface area contributed by atoms with Gasteiger partial charge < -0.3 is 14.8 Å². The molecule has 3 rings (SSSR count). The molecule has 2 N–H and O–H groups in total. The number of nitrogens with one attached hydrogen (secondary N) is 2. The van der Waals surface area contributed by atoms with E-state index in [1.165, 1.54) is 23.9 Å². The fourth-order valence-corrected chi connectivity index (χ4v) is 4.16. The van der Waals surface area contributed by atoms with Gasteiger partial charge in [-0.05, 0) is 42.5 Å². The Morgan fingerprint density at radius 2 is 1.92 bits per heavy atom. The van der Waals surface area contributed by atoms with E-state index in [1.54, 1.807) is 37.4 Å². The molecule has 0 aromatic heterocycles. The molecule has 0 unspecified atom stereocenters. The van der Waals surface area contributed by atoms with Gasteiger partial charge in [-0.25, -0.2) is 8.42 Å². The average Bonchev–Trinajstić information content (AvgIpc) is 2.62. The molecule has 0 radical (unpaired) electrons. The van der Waals surface area contributed by atoms with Crippen molar-refractivity contribution >= 4 is 39.1 Å². The van der Waals surface area contributed by atoms with Crippen LogP contribution in [0.15, 0.2) is 52.3 Å². The van der Waals surface area contributed by atoms with Crippen LogP contribution in [0.25, 0.3) is 0 Å². The van der Waals surface area contributed by atoms with Crippen LogP contribution in [-0.4, -0.2) is 40.4 Å². The lowest BCUT2D eigenvalue weighted by Gasteiger charge is -2.17. The van der Waals surface area contributed by atoms with Crippen LogP contribution in [0.1, 0.15) is 0 Å². The zero-order valence-electron chi connectivity index (χ0n) is 14.0. The van der Waals surface area contributed by atoms with Crippen molar-refractivity contribution in [2.75, 3.05) is 36.1 Å². The van der Waals surface area contributed by atoms with E-state index in [2.05, 4.69) is 10.0 Å². The molecule has 9 heteroatoms. The van der Waals surface area contributed by atoms with Crippen molar-refractivity contribution in [3.8, 4) is 5.75 Å². The van der Waals surface area contributed by atoms with E-state index in [-0.39, 0.29) is 10.8 Å². The number of carbonyl (C=O) groups excluding carboxylic acids is 1. The summed E-state index contributed by atoms with van der Waals surface area (Å²) in [7, 11) is -2.17. The van der Waals surface area contributed by atoms with Crippen LogP contribution in [0.5, 0.6) is 5.75 Å². The molecule has 0 saturated heterocycles. The molecule has 0 bridgehead atoms. The highest BCUT2D eigenvalue weighted by molar-refractivity contribution is 8.00. The topological polar surface area (TPSA) is 93.7 Å². The molecule has 138 valence electrons. The quantitative estimate of drug-likeness (QED) is 0.701. The minimum Gasteiger partial charge on any atom is -0.491 e. The van der Waals surface area contributed by atoms with Crippen LogP contribution in [0.4, 0.5) is 11.4 Å². The number of benzene rings is 2. The first-order valence-corrected chi connectivity index (χ1v) is 10.3. The maximum Gasteiger partial charge on any atom is 0.261 e. The first-order valence-electron chi connectivity index (χ1n) is 7.79. The third kappa shape index (κ3) is 4.48. The first kappa shape index (κ1) is 18.6. The van der Waals surface area contributed by atoms with Gasteiger partial charge in [0.05, 0.1) is 28.6 Å². The van der Waals surface area contributed by atoms with Gasteiger partial charge in [0.2, 0.25) is 5.91 Å². The van der Waals surface area contributed by atoms with E-state index < -0.39 is 10.0 Å². The minimum atomic E-state index is -3.75. The number of anilines is 2. The third-order valence-corrected chi connectivity index (χ3v) is 6.03. The number of carbonyl (C=O) groups is 1. The van der Waals surface area contributed by atoms with Gasteiger partial charge in [-0.2, -0.15) is 0 Å². The third-order valence-electron chi connectivity index (χ3n) is 3.55. The van der Waals surface area contributed by atoms with Crippen LogP contribution in [-0.2, 0) is 19.6 Å². The van der Waals surface area contributed by atoms with Gasteiger partial charge >= 0.3 is 0 Å². The molecule has 0 fully saturated rings. The van der Waals surface area contributed by atoms with Gasteiger partial charge in [0.15, 0.2) is 0 Å². The number of amides is 1. The lowest BCUT2D eigenvalue weighted by molar-refractivity contribution is -0.113. The molecule has 0 saturated carbocycles. The van der Waals surface area contributed by atoms with Crippen molar-refractivity contribution in [2.45, 2.75) is 9.79 Å². The maximum atomic E-state index is 12.5. The normalized spacial score (nSPS) is 13.7. The monoisotopic (exact) mass is 394 g/mol. The average molecular weight is 394 g/mol. The SMILES string of the molecule is COCCOc1ccc(S(=O)(=O)Nc2ccc3c(c2)NC(=O)CS3)cc1. The summed E-state index contributed by atoms with van der Waals surface area (Å²) in [6.07, 6.45) is 0. The van der Waals surface area contributed by atoms with E-state index in [0.717, 1.165) is 4.90 Å². The van der Waals surface area contributed by atoms with Gasteiger partial charge in [-0.15, -0.1) is 11.8 Å². The molecule has 1 heterocycles. The van der Waals surface area contributed by atoms with E-state index in [4.69, 9.17) is 9.47 Å². The molecule has 1 aliphatic rings. The standard InChI is InChI=1S/C17H18N2O5S2/c1-23-8-9-24-13-3-5-14(6-4-13)26(21,22)19-12-2-7-16-15(10-12)18-17(20)11-25-16/h2-7,10,19H,8-9,11H2,1H3,(H,18,20). The van der Waals surface area contributed by atoms with Crippen LogP contribution >= 0.6 is 11.8 Å². The smallest absolute Gasteiger partial charge is 0.261 e. The first-order chi connectivity index (χ1) is 12.5. The molecule has 0 atom stereocenters. The van der Waals surface area contributed by atoms with Crippen LogP contribution in [0.3, 0.4) is 0 Å². The summed E-state index contributed by atoms with van der Waals surface area (Å²) < 4.78 is 37.9. The summed E-state index contributed by atoms with van der Waals surface area (Å²) in [5, 5.41) is 2.74. The summed E-state index contributed by atoms with van der Waals surface area (Å²) in [6, 6.07) is 11.2. The zero-order valence-corrected chi connectivity index (χ0v) is 15.7.